The van der Waals surface area contributed by atoms with E-state index in [0.717, 1.165) is 10.8 Å². The minimum atomic E-state index is 1.14. The number of hydrogen-bond donors (Lipinski definition) is 0. The van der Waals surface area contributed by atoms with Gasteiger partial charge in [-0.15, -0.1) is 34.0 Å². The predicted octanol–water partition coefficient (Wildman–Crippen LogP) is 12.1. The number of hydrogen-bond acceptors (Lipinski definition) is 5. The zero-order chi connectivity index (χ0) is 28.1. The normalized spacial score (nSPS) is 12.2. The van der Waals surface area contributed by atoms with Gasteiger partial charge >= 0.3 is 0 Å². The van der Waals surface area contributed by atoms with Crippen LogP contribution in [0.5, 0.6) is 0 Å². The summed E-state index contributed by atoms with van der Waals surface area (Å²) in [7, 11) is 0. The van der Waals surface area contributed by atoms with Gasteiger partial charge in [0.2, 0.25) is 0 Å². The highest BCUT2D eigenvalue weighted by Gasteiger charge is 2.22. The minimum Gasteiger partial charge on any atom is -0.264 e. The van der Waals surface area contributed by atoms with Crippen molar-refractivity contribution in [3.05, 3.63) is 122 Å². The standard InChI is InChI=1S/C38H20N2S3/c1-3-7-31-23(5-1)25-11-9-21(17-33(25)41-31)37-35-27-13-15-39-19-29(27)30-20-40-16-14-28(30)36(35)38(43-37)22-10-12-26-24-6-2-4-8-32(24)42-34(26)18-22/h1-20H. The van der Waals surface area contributed by atoms with E-state index in [1.54, 1.807) is 0 Å². The molecular weight excluding hydrogens is 581 g/mol. The van der Waals surface area contributed by atoms with Crippen LogP contribution < -0.4 is 0 Å². The van der Waals surface area contributed by atoms with E-state index in [1.807, 2.05) is 58.8 Å². The van der Waals surface area contributed by atoms with Crippen molar-refractivity contribution >= 4 is 107 Å². The molecule has 0 unspecified atom stereocenters. The molecule has 43 heavy (non-hydrogen) atoms. The number of nitrogens with zero attached hydrogens (tertiary/aromatic N) is 2. The highest BCUT2D eigenvalue weighted by atomic mass is 32.1. The molecule has 5 aromatic carbocycles. The third kappa shape index (κ3) is 3.38. The Hall–Kier alpha value is -4.68. The smallest absolute Gasteiger partial charge is 0.0435 e. The molecule has 10 aromatic rings. The molecule has 0 aliphatic heterocycles. The van der Waals surface area contributed by atoms with Gasteiger partial charge in [0.15, 0.2) is 0 Å². The van der Waals surface area contributed by atoms with Gasteiger partial charge in [0.25, 0.3) is 0 Å². The molecule has 5 heteroatoms. The summed E-state index contributed by atoms with van der Waals surface area (Å²) in [6, 6.07) is 35.8. The maximum Gasteiger partial charge on any atom is 0.0435 e. The third-order valence-corrected chi connectivity index (χ3v) is 12.2. The lowest BCUT2D eigenvalue weighted by Gasteiger charge is -2.09. The van der Waals surface area contributed by atoms with Crippen LogP contribution in [0.2, 0.25) is 0 Å². The first-order valence-corrected chi connectivity index (χ1v) is 16.7. The van der Waals surface area contributed by atoms with Crippen molar-refractivity contribution in [2.45, 2.75) is 0 Å². The van der Waals surface area contributed by atoms with Crippen LogP contribution in [-0.2, 0) is 0 Å². The van der Waals surface area contributed by atoms with Crippen LogP contribution in [0.15, 0.2) is 122 Å². The molecule has 0 bridgehead atoms. The molecule has 0 spiro atoms. The van der Waals surface area contributed by atoms with E-state index in [2.05, 4.69) is 107 Å². The number of thiophene rings is 3. The Balaban J connectivity index is 1.33. The van der Waals surface area contributed by atoms with Crippen molar-refractivity contribution < 1.29 is 0 Å². The minimum absolute atomic E-state index is 1.14. The second kappa shape index (κ2) is 8.91. The highest BCUT2D eigenvalue weighted by Crippen LogP contribution is 2.51. The van der Waals surface area contributed by atoms with Crippen molar-refractivity contribution in [3.8, 4) is 20.9 Å². The summed E-state index contributed by atoms with van der Waals surface area (Å²) in [6.45, 7) is 0. The second-order valence-electron chi connectivity index (χ2n) is 11.0. The van der Waals surface area contributed by atoms with Crippen LogP contribution in [0.3, 0.4) is 0 Å². The Bertz CT molecular complexity index is 2560. The number of fused-ring (bicyclic) bond motifs is 12. The average Bonchev–Trinajstić information content (AvgIpc) is 3.76. The second-order valence-corrected chi connectivity index (χ2v) is 14.2. The van der Waals surface area contributed by atoms with Gasteiger partial charge in [-0.25, -0.2) is 0 Å². The Kier molecular flexibility index (Phi) is 4.94. The number of benzene rings is 5. The van der Waals surface area contributed by atoms with Crippen LogP contribution in [0.25, 0.3) is 93.5 Å². The third-order valence-electron chi connectivity index (χ3n) is 8.66. The van der Waals surface area contributed by atoms with Gasteiger partial charge in [-0.3, -0.25) is 9.97 Å². The topological polar surface area (TPSA) is 25.8 Å². The van der Waals surface area contributed by atoms with Crippen molar-refractivity contribution in [2.75, 3.05) is 0 Å². The molecule has 0 atom stereocenters. The number of aromatic nitrogens is 2. The van der Waals surface area contributed by atoms with E-state index in [4.69, 9.17) is 0 Å². The summed E-state index contributed by atoms with van der Waals surface area (Å²) in [4.78, 5) is 11.7. The lowest BCUT2D eigenvalue weighted by Crippen LogP contribution is -1.85. The zero-order valence-electron chi connectivity index (χ0n) is 22.7. The fraction of sp³-hybridized carbons (Fsp3) is 0. The molecule has 10 rings (SSSR count). The largest absolute Gasteiger partial charge is 0.264 e. The summed E-state index contributed by atoms with van der Waals surface area (Å²) >= 11 is 5.66. The van der Waals surface area contributed by atoms with Crippen LogP contribution in [0.1, 0.15) is 0 Å². The van der Waals surface area contributed by atoms with E-state index in [-0.39, 0.29) is 0 Å². The van der Waals surface area contributed by atoms with Crippen LogP contribution in [0.4, 0.5) is 0 Å². The van der Waals surface area contributed by atoms with E-state index < -0.39 is 0 Å². The molecule has 0 fully saturated rings. The molecular formula is C38H20N2S3. The van der Waals surface area contributed by atoms with Crippen molar-refractivity contribution in [1.82, 2.24) is 9.97 Å². The highest BCUT2D eigenvalue weighted by molar-refractivity contribution is 7.26. The Morgan fingerprint density at radius 1 is 0.372 bits per heavy atom. The number of rotatable bonds is 2. The molecule has 0 amide bonds. The lowest BCUT2D eigenvalue weighted by atomic mass is 9.94. The van der Waals surface area contributed by atoms with Crippen LogP contribution in [-0.4, -0.2) is 9.97 Å². The maximum absolute atomic E-state index is 4.54. The predicted molar refractivity (Wildman–Crippen MR) is 189 cm³/mol. The Morgan fingerprint density at radius 3 is 1.35 bits per heavy atom. The van der Waals surface area contributed by atoms with Gasteiger partial charge in [0.1, 0.15) is 0 Å². The quantitative estimate of drug-likeness (QED) is 0.184. The zero-order valence-corrected chi connectivity index (χ0v) is 25.1. The molecule has 5 heterocycles. The van der Waals surface area contributed by atoms with E-state index in [9.17, 15) is 0 Å². The SMILES string of the molecule is c1ccc2c(c1)sc1cc(-c3sc(-c4ccc5c(c4)sc4ccccc45)c4c5ccncc5c5cnccc5c34)ccc12. The molecule has 0 saturated carbocycles. The molecule has 0 radical (unpaired) electrons. The summed E-state index contributed by atoms with van der Waals surface area (Å²) in [5, 5.41) is 12.6. The van der Waals surface area contributed by atoms with Crippen LogP contribution in [0, 0.1) is 0 Å². The molecule has 0 saturated heterocycles. The van der Waals surface area contributed by atoms with E-state index in [1.165, 1.54) is 82.8 Å². The lowest BCUT2D eigenvalue weighted by molar-refractivity contribution is 1.35. The summed E-state index contributed by atoms with van der Waals surface area (Å²) in [5.41, 5.74) is 2.52. The Labute approximate surface area is 258 Å². The molecule has 0 aliphatic rings. The first kappa shape index (κ1) is 23.8. The van der Waals surface area contributed by atoms with Gasteiger partial charge in [-0.2, -0.15) is 0 Å². The molecule has 5 aromatic heterocycles. The average molecular weight is 601 g/mol. The number of pyridine rings is 2. The van der Waals surface area contributed by atoms with Gasteiger partial charge in [0, 0.05) is 96.4 Å². The molecule has 0 aliphatic carbocycles. The Morgan fingerprint density at radius 2 is 0.837 bits per heavy atom. The maximum atomic E-state index is 4.54. The van der Waals surface area contributed by atoms with Crippen molar-refractivity contribution in [3.63, 3.8) is 0 Å². The van der Waals surface area contributed by atoms with Gasteiger partial charge in [0.05, 0.1) is 0 Å². The fourth-order valence-corrected chi connectivity index (χ4v) is 10.4. The molecule has 2 nitrogen and oxygen atoms in total. The first-order chi connectivity index (χ1) is 21.3. The van der Waals surface area contributed by atoms with Gasteiger partial charge in [-0.05, 0) is 58.3 Å². The van der Waals surface area contributed by atoms with Crippen molar-refractivity contribution in [1.29, 1.82) is 0 Å². The summed E-state index contributed by atoms with van der Waals surface area (Å²) in [6.07, 6.45) is 7.84. The molecule has 200 valence electrons. The van der Waals surface area contributed by atoms with Gasteiger partial charge < -0.3 is 0 Å². The summed E-state index contributed by atoms with van der Waals surface area (Å²) in [5.74, 6) is 0. The van der Waals surface area contributed by atoms with E-state index in [0.29, 0.717) is 0 Å². The fourth-order valence-electron chi connectivity index (χ4n) is 6.74. The van der Waals surface area contributed by atoms with Crippen molar-refractivity contribution in [2.24, 2.45) is 0 Å². The first-order valence-electron chi connectivity index (χ1n) is 14.2. The van der Waals surface area contributed by atoms with Gasteiger partial charge in [-0.1, -0.05) is 60.7 Å². The summed E-state index contributed by atoms with van der Waals surface area (Å²) < 4.78 is 5.31. The van der Waals surface area contributed by atoms with E-state index >= 15 is 0 Å². The molecule has 0 N–H and O–H groups in total. The van der Waals surface area contributed by atoms with Crippen LogP contribution >= 0.6 is 34.0 Å². The monoisotopic (exact) mass is 600 g/mol.